The summed E-state index contributed by atoms with van der Waals surface area (Å²) in [6.07, 6.45) is 5.69. The minimum atomic E-state index is -0.492. The van der Waals surface area contributed by atoms with Crippen LogP contribution in [0.4, 0.5) is 0 Å². The molecule has 2 aromatic heterocycles. The number of methoxy groups -OCH3 is 1. The normalized spacial score (nSPS) is 13.9. The Labute approximate surface area is 139 Å². The van der Waals surface area contributed by atoms with E-state index in [0.717, 1.165) is 5.69 Å². The molecule has 3 aromatic rings. The van der Waals surface area contributed by atoms with Gasteiger partial charge in [-0.3, -0.25) is 4.40 Å². The Morgan fingerprint density at radius 3 is 2.92 bits per heavy atom. The van der Waals surface area contributed by atoms with Crippen LogP contribution in [0.15, 0.2) is 36.7 Å². The van der Waals surface area contributed by atoms with Crippen LogP contribution >= 0.6 is 0 Å². The molecule has 0 spiro atoms. The van der Waals surface area contributed by atoms with E-state index in [1.165, 1.54) is 31.7 Å². The van der Waals surface area contributed by atoms with Gasteiger partial charge in [0.2, 0.25) is 5.78 Å². The van der Waals surface area contributed by atoms with Crippen molar-refractivity contribution in [3.05, 3.63) is 53.6 Å². The van der Waals surface area contributed by atoms with Gasteiger partial charge in [0.25, 0.3) is 0 Å². The number of esters is 1. The van der Waals surface area contributed by atoms with Crippen molar-refractivity contribution >= 4 is 11.7 Å². The van der Waals surface area contributed by atoms with E-state index in [9.17, 15) is 4.79 Å². The van der Waals surface area contributed by atoms with Crippen molar-refractivity contribution < 1.29 is 14.3 Å². The number of rotatable bonds is 4. The zero-order valence-electron chi connectivity index (χ0n) is 13.5. The summed E-state index contributed by atoms with van der Waals surface area (Å²) in [4.78, 5) is 20.8. The third-order valence-corrected chi connectivity index (χ3v) is 4.09. The van der Waals surface area contributed by atoms with Crippen LogP contribution in [0.25, 0.3) is 5.78 Å². The number of fused-ring (bicyclic) bond motifs is 1. The van der Waals surface area contributed by atoms with Crippen LogP contribution in [0.3, 0.4) is 0 Å². The van der Waals surface area contributed by atoms with Gasteiger partial charge in [-0.25, -0.2) is 14.8 Å². The average molecular weight is 323 g/mol. The number of aromatic nitrogens is 3. The van der Waals surface area contributed by atoms with Crippen LogP contribution in [0.5, 0.6) is 11.5 Å². The summed E-state index contributed by atoms with van der Waals surface area (Å²) in [5.74, 6) is 1.60. The molecule has 24 heavy (non-hydrogen) atoms. The van der Waals surface area contributed by atoms with E-state index in [2.05, 4.69) is 16.0 Å². The average Bonchev–Trinajstić information content (AvgIpc) is 3.36. The topological polar surface area (TPSA) is 65.7 Å². The maximum absolute atomic E-state index is 12.3. The van der Waals surface area contributed by atoms with Gasteiger partial charge in [0.05, 0.1) is 19.0 Å². The van der Waals surface area contributed by atoms with Crippen LogP contribution in [0, 0.1) is 6.92 Å². The first-order chi connectivity index (χ1) is 11.7. The Kier molecular flexibility index (Phi) is 3.45. The molecule has 0 amide bonds. The molecular weight excluding hydrogens is 306 g/mol. The summed E-state index contributed by atoms with van der Waals surface area (Å²) >= 11 is 0. The number of imidazole rings is 1. The molecule has 6 nitrogen and oxygen atoms in total. The van der Waals surface area contributed by atoms with Crippen molar-refractivity contribution in [1.29, 1.82) is 0 Å². The molecule has 1 aliphatic carbocycles. The number of carbonyl (C=O) groups is 1. The number of hydrogen-bond acceptors (Lipinski definition) is 5. The van der Waals surface area contributed by atoms with Gasteiger partial charge < -0.3 is 9.47 Å². The van der Waals surface area contributed by atoms with Crippen LogP contribution in [-0.4, -0.2) is 27.4 Å². The Morgan fingerprint density at radius 2 is 2.17 bits per heavy atom. The summed E-state index contributed by atoms with van der Waals surface area (Å²) in [5.41, 5.74) is 2.31. The second-order valence-electron chi connectivity index (χ2n) is 5.96. The molecular formula is C18H17N3O3. The van der Waals surface area contributed by atoms with Crippen molar-refractivity contribution in [1.82, 2.24) is 14.4 Å². The number of nitrogens with zero attached hydrogens (tertiary/aromatic N) is 3. The molecule has 1 saturated carbocycles. The molecule has 2 heterocycles. The van der Waals surface area contributed by atoms with E-state index in [1.54, 1.807) is 10.6 Å². The van der Waals surface area contributed by atoms with Crippen molar-refractivity contribution in [2.45, 2.75) is 25.7 Å². The summed E-state index contributed by atoms with van der Waals surface area (Å²) in [6, 6.07) is 7.96. The highest BCUT2D eigenvalue weighted by atomic mass is 16.5. The van der Waals surface area contributed by atoms with Crippen LogP contribution in [0.1, 0.15) is 40.5 Å². The monoisotopic (exact) mass is 323 g/mol. The first-order valence-corrected chi connectivity index (χ1v) is 7.86. The molecule has 0 bridgehead atoms. The maximum Gasteiger partial charge on any atom is 0.359 e. The predicted octanol–water partition coefficient (Wildman–Crippen LogP) is 3.49. The van der Waals surface area contributed by atoms with Gasteiger partial charge >= 0.3 is 5.97 Å². The first kappa shape index (κ1) is 14.7. The molecule has 1 aliphatic rings. The van der Waals surface area contributed by atoms with Crippen molar-refractivity contribution in [3.63, 3.8) is 0 Å². The molecule has 0 aliphatic heterocycles. The molecule has 0 saturated heterocycles. The molecule has 0 atom stereocenters. The van der Waals surface area contributed by atoms with Crippen molar-refractivity contribution in [2.24, 2.45) is 0 Å². The third kappa shape index (κ3) is 2.60. The lowest BCUT2D eigenvalue weighted by Gasteiger charge is -2.11. The fourth-order valence-electron chi connectivity index (χ4n) is 2.78. The molecule has 0 unspecified atom stereocenters. The molecule has 122 valence electrons. The van der Waals surface area contributed by atoms with E-state index < -0.39 is 5.97 Å². The summed E-state index contributed by atoms with van der Waals surface area (Å²) in [6.45, 7) is 1.84. The molecule has 1 aromatic carbocycles. The predicted molar refractivity (Wildman–Crippen MR) is 87.6 cm³/mol. The van der Waals surface area contributed by atoms with Gasteiger partial charge in [0.1, 0.15) is 5.75 Å². The Morgan fingerprint density at radius 1 is 1.33 bits per heavy atom. The Bertz CT molecular complexity index is 928. The van der Waals surface area contributed by atoms with Crippen LogP contribution in [0.2, 0.25) is 0 Å². The number of aryl methyl sites for hydroxylation is 1. The van der Waals surface area contributed by atoms with Gasteiger partial charge in [0, 0.05) is 6.20 Å². The summed E-state index contributed by atoms with van der Waals surface area (Å²) in [5, 5.41) is 0. The quantitative estimate of drug-likeness (QED) is 0.688. The standard InChI is InChI=1S/C18H17N3O3/c1-11-10-21-16(17(22)23-2)15(9-19-18(21)20-11)24-14-5-3-4-13(8-14)12-6-7-12/h3-5,8-10,12H,6-7H2,1-2H3. The van der Waals surface area contributed by atoms with E-state index in [0.29, 0.717) is 23.2 Å². The molecule has 4 rings (SSSR count). The molecule has 1 fully saturated rings. The number of hydrogen-bond donors (Lipinski definition) is 0. The van der Waals surface area contributed by atoms with E-state index in [4.69, 9.17) is 9.47 Å². The second-order valence-corrected chi connectivity index (χ2v) is 5.96. The number of carbonyl (C=O) groups excluding carboxylic acids is 1. The second kappa shape index (κ2) is 5.63. The van der Waals surface area contributed by atoms with Crippen molar-refractivity contribution in [2.75, 3.05) is 7.11 Å². The summed E-state index contributed by atoms with van der Waals surface area (Å²) in [7, 11) is 1.34. The molecule has 0 N–H and O–H groups in total. The largest absolute Gasteiger partial charge is 0.464 e. The first-order valence-electron chi connectivity index (χ1n) is 7.86. The van der Waals surface area contributed by atoms with Gasteiger partial charge in [-0.05, 0) is 43.4 Å². The minimum absolute atomic E-state index is 0.278. The van der Waals surface area contributed by atoms with Crippen LogP contribution in [-0.2, 0) is 4.74 Å². The fourth-order valence-corrected chi connectivity index (χ4v) is 2.78. The highest BCUT2D eigenvalue weighted by Crippen LogP contribution is 2.41. The highest BCUT2D eigenvalue weighted by molar-refractivity contribution is 5.91. The zero-order chi connectivity index (χ0) is 16.7. The van der Waals surface area contributed by atoms with Crippen LogP contribution < -0.4 is 4.74 Å². The lowest BCUT2D eigenvalue weighted by Crippen LogP contribution is -2.10. The van der Waals surface area contributed by atoms with Gasteiger partial charge in [-0.2, -0.15) is 0 Å². The Hall–Kier alpha value is -2.89. The van der Waals surface area contributed by atoms with Gasteiger partial charge in [0.15, 0.2) is 11.4 Å². The maximum atomic E-state index is 12.3. The lowest BCUT2D eigenvalue weighted by atomic mass is 10.1. The highest BCUT2D eigenvalue weighted by Gasteiger charge is 2.24. The lowest BCUT2D eigenvalue weighted by molar-refractivity contribution is 0.0589. The molecule has 6 heteroatoms. The van der Waals surface area contributed by atoms with E-state index >= 15 is 0 Å². The van der Waals surface area contributed by atoms with Gasteiger partial charge in [-0.15, -0.1) is 0 Å². The summed E-state index contributed by atoms with van der Waals surface area (Å²) < 4.78 is 12.5. The number of ether oxygens (including phenoxy) is 2. The number of benzene rings is 1. The fraction of sp³-hybridized carbons (Fsp3) is 0.278. The Balaban J connectivity index is 1.78. The molecule has 0 radical (unpaired) electrons. The SMILES string of the molecule is COC(=O)c1c(Oc2cccc(C3CC3)c2)cnc2nc(C)cn12. The van der Waals surface area contributed by atoms with Crippen molar-refractivity contribution in [3.8, 4) is 11.5 Å². The van der Waals surface area contributed by atoms with E-state index in [1.807, 2.05) is 25.1 Å². The third-order valence-electron chi connectivity index (χ3n) is 4.09. The minimum Gasteiger partial charge on any atom is -0.464 e. The zero-order valence-corrected chi connectivity index (χ0v) is 13.5. The van der Waals surface area contributed by atoms with E-state index in [-0.39, 0.29) is 5.69 Å². The smallest absolute Gasteiger partial charge is 0.359 e. The van der Waals surface area contributed by atoms with Gasteiger partial charge in [-0.1, -0.05) is 12.1 Å².